The quantitative estimate of drug-likeness (QED) is 0.873. The molecule has 3 rings (SSSR count). The molecule has 2 N–H and O–H groups in total. The van der Waals surface area contributed by atoms with Crippen molar-refractivity contribution < 1.29 is 10.2 Å². The molecule has 0 heterocycles. The van der Waals surface area contributed by atoms with Crippen LogP contribution in [0.1, 0.15) is 69.6 Å². The smallest absolute Gasteiger partial charge is 0.0623 e. The van der Waals surface area contributed by atoms with Crippen LogP contribution in [0.15, 0.2) is 18.2 Å². The Kier molecular flexibility index (Phi) is 3.89. The van der Waals surface area contributed by atoms with E-state index < -0.39 is 0 Å². The molecule has 1 unspecified atom stereocenters. The van der Waals surface area contributed by atoms with Gasteiger partial charge in [-0.3, -0.25) is 0 Å². The third-order valence-corrected chi connectivity index (χ3v) is 6.47. The standard InChI is InChI=1S/C20H30O2/c1-13(2)14-6-7-16-15(10-14)11-17(22)18-19(3,12-21)8-5-9-20(16,18)4/h6-7,10,13,17-18,21-22H,5,8-9,11-12H2,1-4H3/t17-,18?,19+,20+/m0/s1. The van der Waals surface area contributed by atoms with E-state index in [4.69, 9.17) is 0 Å². The Morgan fingerprint density at radius 3 is 2.59 bits per heavy atom. The summed E-state index contributed by atoms with van der Waals surface area (Å²) in [6, 6.07) is 6.86. The van der Waals surface area contributed by atoms with Crippen molar-refractivity contribution in [3.05, 3.63) is 34.9 Å². The van der Waals surface area contributed by atoms with Crippen molar-refractivity contribution in [3.8, 4) is 0 Å². The van der Waals surface area contributed by atoms with Crippen LogP contribution in [0.3, 0.4) is 0 Å². The van der Waals surface area contributed by atoms with Crippen molar-refractivity contribution in [3.63, 3.8) is 0 Å². The highest BCUT2D eigenvalue weighted by Crippen LogP contribution is 2.57. The summed E-state index contributed by atoms with van der Waals surface area (Å²) in [7, 11) is 0. The molecule has 2 heteroatoms. The lowest BCUT2D eigenvalue weighted by atomic mass is 9.49. The highest BCUT2D eigenvalue weighted by atomic mass is 16.3. The summed E-state index contributed by atoms with van der Waals surface area (Å²) < 4.78 is 0. The van der Waals surface area contributed by atoms with Crippen LogP contribution in [0.5, 0.6) is 0 Å². The van der Waals surface area contributed by atoms with Gasteiger partial charge < -0.3 is 10.2 Å². The van der Waals surface area contributed by atoms with E-state index >= 15 is 0 Å². The van der Waals surface area contributed by atoms with Gasteiger partial charge in [0.25, 0.3) is 0 Å². The van der Waals surface area contributed by atoms with Gasteiger partial charge in [0.2, 0.25) is 0 Å². The molecule has 1 saturated carbocycles. The molecule has 0 saturated heterocycles. The Balaban J connectivity index is 2.11. The lowest BCUT2D eigenvalue weighted by Gasteiger charge is -2.56. The first-order valence-electron chi connectivity index (χ1n) is 8.74. The van der Waals surface area contributed by atoms with E-state index in [0.29, 0.717) is 5.92 Å². The Morgan fingerprint density at radius 2 is 1.95 bits per heavy atom. The predicted molar refractivity (Wildman–Crippen MR) is 90.1 cm³/mol. The molecule has 1 aromatic rings. The first kappa shape index (κ1) is 16.0. The largest absolute Gasteiger partial charge is 0.396 e. The van der Waals surface area contributed by atoms with E-state index in [1.807, 2.05) is 0 Å². The number of hydrogen-bond acceptors (Lipinski definition) is 2. The topological polar surface area (TPSA) is 40.5 Å². The number of aliphatic hydroxyl groups is 2. The first-order valence-corrected chi connectivity index (χ1v) is 8.74. The number of rotatable bonds is 2. The minimum atomic E-state index is -0.350. The Hall–Kier alpha value is -0.860. The molecule has 0 amide bonds. The third kappa shape index (κ3) is 2.23. The van der Waals surface area contributed by atoms with Gasteiger partial charge >= 0.3 is 0 Å². The number of hydrogen-bond donors (Lipinski definition) is 2. The maximum Gasteiger partial charge on any atom is 0.0623 e. The SMILES string of the molecule is CC(C)c1ccc2c(c1)C[C@H](O)C1[C@@](C)(CO)CCC[C@]21C. The van der Waals surface area contributed by atoms with E-state index in [2.05, 4.69) is 45.9 Å². The maximum atomic E-state index is 10.9. The van der Waals surface area contributed by atoms with Crippen LogP contribution >= 0.6 is 0 Å². The minimum absolute atomic E-state index is 0.0156. The highest BCUT2D eigenvalue weighted by molar-refractivity contribution is 5.43. The van der Waals surface area contributed by atoms with Gasteiger partial charge in [-0.15, -0.1) is 0 Å². The van der Waals surface area contributed by atoms with Crippen LogP contribution in [0.25, 0.3) is 0 Å². The zero-order valence-electron chi connectivity index (χ0n) is 14.4. The Bertz CT molecular complexity index is 565. The Morgan fingerprint density at radius 1 is 1.23 bits per heavy atom. The van der Waals surface area contributed by atoms with E-state index in [0.717, 1.165) is 25.7 Å². The molecule has 0 spiro atoms. The van der Waals surface area contributed by atoms with Gasteiger partial charge in [0.1, 0.15) is 0 Å². The van der Waals surface area contributed by atoms with Gasteiger partial charge in [-0.2, -0.15) is 0 Å². The van der Waals surface area contributed by atoms with Crippen LogP contribution in [-0.4, -0.2) is 22.9 Å². The molecule has 2 aliphatic carbocycles. The summed E-state index contributed by atoms with van der Waals surface area (Å²) >= 11 is 0. The summed E-state index contributed by atoms with van der Waals surface area (Å²) in [5, 5.41) is 20.9. The van der Waals surface area contributed by atoms with Crippen molar-refractivity contribution in [2.45, 2.75) is 70.8 Å². The van der Waals surface area contributed by atoms with E-state index in [9.17, 15) is 10.2 Å². The van der Waals surface area contributed by atoms with Gasteiger partial charge in [0, 0.05) is 12.5 Å². The average Bonchev–Trinajstić information content (AvgIpc) is 2.46. The highest BCUT2D eigenvalue weighted by Gasteiger charge is 2.55. The fraction of sp³-hybridized carbons (Fsp3) is 0.700. The monoisotopic (exact) mass is 302 g/mol. The predicted octanol–water partition coefficient (Wildman–Crippen LogP) is 3.78. The van der Waals surface area contributed by atoms with Gasteiger partial charge in [-0.05, 0) is 52.7 Å². The fourth-order valence-electron chi connectivity index (χ4n) is 5.35. The van der Waals surface area contributed by atoms with E-state index in [-0.39, 0.29) is 29.5 Å². The van der Waals surface area contributed by atoms with Gasteiger partial charge in [0.05, 0.1) is 6.10 Å². The molecular weight excluding hydrogens is 272 g/mol. The average molecular weight is 302 g/mol. The van der Waals surface area contributed by atoms with Crippen LogP contribution in [0, 0.1) is 11.3 Å². The molecule has 122 valence electrons. The van der Waals surface area contributed by atoms with Gasteiger partial charge in [0.15, 0.2) is 0 Å². The summed E-state index contributed by atoms with van der Waals surface area (Å²) in [4.78, 5) is 0. The van der Waals surface area contributed by atoms with Crippen molar-refractivity contribution in [2.24, 2.45) is 11.3 Å². The molecule has 2 aliphatic rings. The first-order chi connectivity index (χ1) is 10.3. The van der Waals surface area contributed by atoms with Crippen LogP contribution in [0.2, 0.25) is 0 Å². The number of benzene rings is 1. The number of aliphatic hydroxyl groups excluding tert-OH is 2. The van der Waals surface area contributed by atoms with Crippen LogP contribution < -0.4 is 0 Å². The number of fused-ring (bicyclic) bond motifs is 3. The second-order valence-corrected chi connectivity index (χ2v) is 8.40. The van der Waals surface area contributed by atoms with Crippen molar-refractivity contribution in [1.82, 2.24) is 0 Å². The maximum absolute atomic E-state index is 10.9. The molecule has 0 radical (unpaired) electrons. The second kappa shape index (κ2) is 5.35. The second-order valence-electron chi connectivity index (χ2n) is 8.40. The van der Waals surface area contributed by atoms with Crippen LogP contribution in [0.4, 0.5) is 0 Å². The summed E-state index contributed by atoms with van der Waals surface area (Å²) in [6.45, 7) is 9.07. The Labute approximate surface area is 134 Å². The zero-order chi connectivity index (χ0) is 16.1. The normalized spacial score (nSPS) is 37.8. The van der Waals surface area contributed by atoms with Gasteiger partial charge in [-0.25, -0.2) is 0 Å². The molecular formula is C20H30O2. The molecule has 0 aliphatic heterocycles. The molecule has 22 heavy (non-hydrogen) atoms. The molecule has 1 fully saturated rings. The minimum Gasteiger partial charge on any atom is -0.396 e. The summed E-state index contributed by atoms with van der Waals surface area (Å²) in [5.74, 6) is 0.665. The van der Waals surface area contributed by atoms with Crippen molar-refractivity contribution in [1.29, 1.82) is 0 Å². The zero-order valence-corrected chi connectivity index (χ0v) is 14.4. The van der Waals surface area contributed by atoms with Crippen LogP contribution in [-0.2, 0) is 11.8 Å². The molecule has 0 aromatic heterocycles. The van der Waals surface area contributed by atoms with Crippen molar-refractivity contribution >= 4 is 0 Å². The lowest BCUT2D eigenvalue weighted by Crippen LogP contribution is -2.56. The molecule has 0 bridgehead atoms. The lowest BCUT2D eigenvalue weighted by molar-refractivity contribution is -0.0846. The summed E-state index contributed by atoms with van der Waals surface area (Å²) in [5.41, 5.74) is 3.90. The summed E-state index contributed by atoms with van der Waals surface area (Å²) in [6.07, 6.45) is 3.63. The molecule has 4 atom stereocenters. The third-order valence-electron chi connectivity index (χ3n) is 6.47. The molecule has 2 nitrogen and oxygen atoms in total. The van der Waals surface area contributed by atoms with Crippen molar-refractivity contribution in [2.75, 3.05) is 6.61 Å². The van der Waals surface area contributed by atoms with E-state index in [1.165, 1.54) is 16.7 Å². The van der Waals surface area contributed by atoms with Gasteiger partial charge in [-0.1, -0.05) is 52.3 Å². The molecule has 1 aromatic carbocycles. The van der Waals surface area contributed by atoms with E-state index in [1.54, 1.807) is 0 Å². The fourth-order valence-corrected chi connectivity index (χ4v) is 5.35.